The molecule has 2 aromatic rings. The zero-order valence-corrected chi connectivity index (χ0v) is 8.60. The van der Waals surface area contributed by atoms with Crippen molar-refractivity contribution < 1.29 is 13.9 Å². The van der Waals surface area contributed by atoms with Crippen LogP contribution in [-0.4, -0.2) is 17.6 Å². The Morgan fingerprint density at radius 1 is 1.56 bits per heavy atom. The van der Waals surface area contributed by atoms with Crippen LogP contribution in [0.3, 0.4) is 0 Å². The van der Waals surface area contributed by atoms with E-state index in [9.17, 15) is 9.59 Å². The quantitative estimate of drug-likeness (QED) is 0.713. The summed E-state index contributed by atoms with van der Waals surface area (Å²) in [7, 11) is 0. The van der Waals surface area contributed by atoms with Crippen molar-refractivity contribution in [2.24, 2.45) is 0 Å². The molecule has 16 heavy (non-hydrogen) atoms. The SMILES string of the molecule is CCOC(=O)c1cc2c(=O)cccnc2o1. The van der Waals surface area contributed by atoms with E-state index < -0.39 is 5.97 Å². The van der Waals surface area contributed by atoms with Crippen molar-refractivity contribution in [1.29, 1.82) is 0 Å². The lowest BCUT2D eigenvalue weighted by Crippen LogP contribution is -2.02. The molecular weight excluding hydrogens is 210 g/mol. The highest BCUT2D eigenvalue weighted by molar-refractivity contribution is 5.91. The van der Waals surface area contributed by atoms with E-state index in [2.05, 4.69) is 4.98 Å². The molecule has 0 saturated carbocycles. The maximum atomic E-state index is 11.5. The van der Waals surface area contributed by atoms with Gasteiger partial charge in [-0.15, -0.1) is 0 Å². The predicted octanol–water partition coefficient (Wildman–Crippen LogP) is 1.36. The molecule has 0 amide bonds. The van der Waals surface area contributed by atoms with Crippen molar-refractivity contribution in [2.45, 2.75) is 6.92 Å². The molecule has 5 heteroatoms. The molecule has 0 bridgehead atoms. The topological polar surface area (TPSA) is 69.4 Å². The standard InChI is InChI=1S/C11H9NO4/c1-2-15-11(14)9-6-7-8(13)4-3-5-12-10(7)16-9/h3-6H,2H2,1H3. The Labute approximate surface area is 90.7 Å². The lowest BCUT2D eigenvalue weighted by molar-refractivity contribution is 0.0492. The Kier molecular flexibility index (Phi) is 2.68. The lowest BCUT2D eigenvalue weighted by atomic mass is 10.3. The van der Waals surface area contributed by atoms with Gasteiger partial charge in [-0.2, -0.15) is 0 Å². The van der Waals surface area contributed by atoms with Crippen molar-refractivity contribution >= 4 is 17.1 Å². The van der Waals surface area contributed by atoms with E-state index in [1.807, 2.05) is 0 Å². The van der Waals surface area contributed by atoms with Gasteiger partial charge in [-0.25, -0.2) is 9.78 Å². The van der Waals surface area contributed by atoms with E-state index in [1.54, 1.807) is 6.92 Å². The maximum Gasteiger partial charge on any atom is 0.374 e. The Morgan fingerprint density at radius 3 is 3.12 bits per heavy atom. The van der Waals surface area contributed by atoms with E-state index in [0.717, 1.165) is 0 Å². The number of nitrogens with zero attached hydrogens (tertiary/aromatic N) is 1. The molecule has 0 radical (unpaired) electrons. The second-order valence-electron chi connectivity index (χ2n) is 3.05. The van der Waals surface area contributed by atoms with Crippen LogP contribution < -0.4 is 5.43 Å². The number of rotatable bonds is 2. The molecule has 82 valence electrons. The molecular formula is C11H9NO4. The molecule has 0 N–H and O–H groups in total. The van der Waals surface area contributed by atoms with Gasteiger partial charge in [0.05, 0.1) is 12.0 Å². The van der Waals surface area contributed by atoms with E-state index >= 15 is 0 Å². The van der Waals surface area contributed by atoms with Crippen molar-refractivity contribution in [3.63, 3.8) is 0 Å². The first-order valence-corrected chi connectivity index (χ1v) is 4.78. The fourth-order valence-corrected chi connectivity index (χ4v) is 1.29. The van der Waals surface area contributed by atoms with Gasteiger partial charge in [-0.1, -0.05) is 0 Å². The van der Waals surface area contributed by atoms with E-state index in [-0.39, 0.29) is 28.9 Å². The predicted molar refractivity (Wildman–Crippen MR) is 56.2 cm³/mol. The third-order valence-corrected chi connectivity index (χ3v) is 1.98. The highest BCUT2D eigenvalue weighted by Gasteiger charge is 2.14. The molecule has 0 aliphatic rings. The summed E-state index contributed by atoms with van der Waals surface area (Å²) in [5.74, 6) is -0.602. The Balaban J connectivity index is 2.58. The van der Waals surface area contributed by atoms with Crippen LogP contribution in [0, 0.1) is 0 Å². The van der Waals surface area contributed by atoms with Crippen LogP contribution in [0.15, 0.2) is 33.6 Å². The van der Waals surface area contributed by atoms with Gasteiger partial charge in [0.1, 0.15) is 0 Å². The summed E-state index contributed by atoms with van der Waals surface area (Å²) in [5.41, 5.74) is -0.107. The summed E-state index contributed by atoms with van der Waals surface area (Å²) in [6.45, 7) is 1.94. The normalized spacial score (nSPS) is 10.3. The smallest absolute Gasteiger partial charge is 0.374 e. The average Bonchev–Trinajstić information content (AvgIpc) is 2.62. The van der Waals surface area contributed by atoms with Crippen LogP contribution in [-0.2, 0) is 4.74 Å². The number of furan rings is 1. The zero-order valence-electron chi connectivity index (χ0n) is 8.60. The second kappa shape index (κ2) is 4.14. The number of fused-ring (bicyclic) bond motifs is 1. The van der Waals surface area contributed by atoms with Gasteiger partial charge >= 0.3 is 5.97 Å². The number of hydrogen-bond donors (Lipinski definition) is 0. The van der Waals surface area contributed by atoms with Gasteiger partial charge in [0.15, 0.2) is 5.43 Å². The summed E-state index contributed by atoms with van der Waals surface area (Å²) in [6, 6.07) is 4.23. The summed E-state index contributed by atoms with van der Waals surface area (Å²) in [5, 5.41) is 0.271. The summed E-state index contributed by atoms with van der Waals surface area (Å²) in [6.07, 6.45) is 1.43. The van der Waals surface area contributed by atoms with Crippen LogP contribution in [0.2, 0.25) is 0 Å². The Hall–Kier alpha value is -2.17. The molecule has 0 fully saturated rings. The van der Waals surface area contributed by atoms with Crippen molar-refractivity contribution in [3.05, 3.63) is 40.4 Å². The number of aromatic nitrogens is 1. The molecule has 2 rings (SSSR count). The maximum absolute atomic E-state index is 11.5. The first kappa shape index (κ1) is 10.4. The highest BCUT2D eigenvalue weighted by Crippen LogP contribution is 2.13. The Bertz CT molecular complexity index is 588. The van der Waals surface area contributed by atoms with Gasteiger partial charge in [-0.05, 0) is 19.1 Å². The molecule has 2 aromatic heterocycles. The minimum Gasteiger partial charge on any atom is -0.460 e. The number of carbonyl (C=O) groups excluding carboxylic acids is 1. The first-order valence-electron chi connectivity index (χ1n) is 4.78. The van der Waals surface area contributed by atoms with Gasteiger partial charge in [0.25, 0.3) is 0 Å². The second-order valence-corrected chi connectivity index (χ2v) is 3.05. The van der Waals surface area contributed by atoms with Gasteiger partial charge in [-0.3, -0.25) is 4.79 Å². The van der Waals surface area contributed by atoms with Crippen molar-refractivity contribution in [1.82, 2.24) is 4.98 Å². The summed E-state index contributed by atoms with van der Waals surface area (Å²) in [4.78, 5) is 26.8. The highest BCUT2D eigenvalue weighted by atomic mass is 16.5. The van der Waals surface area contributed by atoms with E-state index in [1.165, 1.54) is 24.4 Å². The number of esters is 1. The molecule has 0 spiro atoms. The van der Waals surface area contributed by atoms with E-state index in [4.69, 9.17) is 9.15 Å². The van der Waals surface area contributed by atoms with Crippen molar-refractivity contribution in [3.8, 4) is 0 Å². The zero-order chi connectivity index (χ0) is 11.5. The van der Waals surface area contributed by atoms with Crippen LogP contribution in [0.4, 0.5) is 0 Å². The summed E-state index contributed by atoms with van der Waals surface area (Å²) >= 11 is 0. The lowest BCUT2D eigenvalue weighted by Gasteiger charge is -1.95. The third kappa shape index (κ3) is 1.79. The Morgan fingerprint density at radius 2 is 2.38 bits per heavy atom. The minimum atomic E-state index is -0.595. The fraction of sp³-hybridized carbons (Fsp3) is 0.182. The van der Waals surface area contributed by atoms with Crippen LogP contribution >= 0.6 is 0 Å². The molecule has 0 aliphatic carbocycles. The summed E-state index contributed by atoms with van der Waals surface area (Å²) < 4.78 is 9.90. The third-order valence-electron chi connectivity index (χ3n) is 1.98. The molecule has 0 aromatic carbocycles. The molecule has 5 nitrogen and oxygen atoms in total. The fourth-order valence-electron chi connectivity index (χ4n) is 1.29. The average molecular weight is 219 g/mol. The van der Waals surface area contributed by atoms with Gasteiger partial charge in [0.2, 0.25) is 11.5 Å². The number of hydrogen-bond acceptors (Lipinski definition) is 5. The van der Waals surface area contributed by atoms with Crippen LogP contribution in [0.25, 0.3) is 11.1 Å². The number of carbonyl (C=O) groups is 1. The van der Waals surface area contributed by atoms with Crippen LogP contribution in [0.5, 0.6) is 0 Å². The minimum absolute atomic E-state index is 0.00681. The molecule has 0 aliphatic heterocycles. The first-order chi connectivity index (χ1) is 7.72. The molecule has 0 atom stereocenters. The van der Waals surface area contributed by atoms with Crippen molar-refractivity contribution in [2.75, 3.05) is 6.61 Å². The van der Waals surface area contributed by atoms with Gasteiger partial charge in [0, 0.05) is 12.3 Å². The van der Waals surface area contributed by atoms with Crippen LogP contribution in [0.1, 0.15) is 17.5 Å². The largest absolute Gasteiger partial charge is 0.460 e. The molecule has 2 heterocycles. The molecule has 0 unspecified atom stereocenters. The van der Waals surface area contributed by atoms with Gasteiger partial charge < -0.3 is 9.15 Å². The van der Waals surface area contributed by atoms with E-state index in [0.29, 0.717) is 0 Å². The monoisotopic (exact) mass is 219 g/mol. The molecule has 0 saturated heterocycles. The number of ether oxygens (including phenoxy) is 1.